The van der Waals surface area contributed by atoms with Gasteiger partial charge in [-0.05, 0) is 19.8 Å². The van der Waals surface area contributed by atoms with E-state index in [0.717, 1.165) is 0 Å². The average Bonchev–Trinajstić information content (AvgIpc) is 2.82. The van der Waals surface area contributed by atoms with Gasteiger partial charge in [-0.3, -0.25) is 4.99 Å². The van der Waals surface area contributed by atoms with Gasteiger partial charge in [-0.1, -0.05) is 25.7 Å². The van der Waals surface area contributed by atoms with E-state index in [0.29, 0.717) is 38.3 Å². The van der Waals surface area contributed by atoms with Gasteiger partial charge in [0.05, 0.1) is 18.5 Å². The number of rotatable bonds is 9. The van der Waals surface area contributed by atoms with Crippen LogP contribution in [0.3, 0.4) is 0 Å². The Balaban J connectivity index is 2.09. The molecule has 136 valence electrons. The summed E-state index contributed by atoms with van der Waals surface area (Å²) in [6.07, 6.45) is 7.95. The molecule has 0 heterocycles. The maximum atomic E-state index is 11.3. The molecule has 1 saturated carbocycles. The van der Waals surface area contributed by atoms with Crippen LogP contribution in [-0.2, 0) is 14.8 Å². The van der Waals surface area contributed by atoms with Gasteiger partial charge in [0.1, 0.15) is 0 Å². The van der Waals surface area contributed by atoms with E-state index in [-0.39, 0.29) is 5.75 Å². The fraction of sp³-hybridized carbons (Fsp3) is 0.933. The van der Waals surface area contributed by atoms with E-state index in [1.807, 2.05) is 0 Å². The molecule has 7 nitrogen and oxygen atoms in total. The van der Waals surface area contributed by atoms with Crippen molar-refractivity contribution >= 4 is 16.0 Å². The van der Waals surface area contributed by atoms with Crippen molar-refractivity contribution in [1.29, 1.82) is 0 Å². The molecule has 23 heavy (non-hydrogen) atoms. The molecule has 0 aromatic heterocycles. The van der Waals surface area contributed by atoms with Crippen molar-refractivity contribution in [3.8, 4) is 0 Å². The molecular weight excluding hydrogens is 316 g/mol. The predicted octanol–water partition coefficient (Wildman–Crippen LogP) is 0.830. The van der Waals surface area contributed by atoms with E-state index in [2.05, 4.69) is 20.3 Å². The molecule has 8 heteroatoms. The summed E-state index contributed by atoms with van der Waals surface area (Å²) in [7, 11) is -1.44. The van der Waals surface area contributed by atoms with Crippen LogP contribution in [-0.4, -0.2) is 59.5 Å². The van der Waals surface area contributed by atoms with E-state index >= 15 is 0 Å². The van der Waals surface area contributed by atoms with Crippen molar-refractivity contribution in [2.24, 2.45) is 4.99 Å². The zero-order valence-electron chi connectivity index (χ0n) is 14.4. The highest BCUT2D eigenvalue weighted by molar-refractivity contribution is 7.89. The van der Waals surface area contributed by atoms with Crippen molar-refractivity contribution < 1.29 is 13.2 Å². The zero-order chi connectivity index (χ0) is 17.0. The zero-order valence-corrected chi connectivity index (χ0v) is 15.3. The van der Waals surface area contributed by atoms with Crippen LogP contribution in [0.15, 0.2) is 4.99 Å². The van der Waals surface area contributed by atoms with E-state index < -0.39 is 10.0 Å². The quantitative estimate of drug-likeness (QED) is 0.248. The Morgan fingerprint density at radius 2 is 1.74 bits per heavy atom. The Morgan fingerprint density at radius 1 is 1.09 bits per heavy atom. The van der Waals surface area contributed by atoms with Crippen LogP contribution in [0.25, 0.3) is 0 Å². The Bertz CT molecular complexity index is 432. The second kappa shape index (κ2) is 11.6. The van der Waals surface area contributed by atoms with Crippen molar-refractivity contribution in [3.63, 3.8) is 0 Å². The van der Waals surface area contributed by atoms with E-state index in [1.54, 1.807) is 14.0 Å². The van der Waals surface area contributed by atoms with Gasteiger partial charge in [-0.15, -0.1) is 0 Å². The number of sulfonamides is 1. The Hall–Kier alpha value is -0.860. The van der Waals surface area contributed by atoms with Crippen LogP contribution in [0, 0.1) is 0 Å². The summed E-state index contributed by atoms with van der Waals surface area (Å²) in [5.74, 6) is 0.753. The molecule has 0 atom stereocenters. The molecule has 0 saturated heterocycles. The summed E-state index contributed by atoms with van der Waals surface area (Å²) in [4.78, 5) is 4.10. The van der Waals surface area contributed by atoms with Gasteiger partial charge in [-0.25, -0.2) is 13.1 Å². The predicted molar refractivity (Wildman–Crippen MR) is 94.3 cm³/mol. The van der Waals surface area contributed by atoms with Gasteiger partial charge in [0.15, 0.2) is 5.96 Å². The van der Waals surface area contributed by atoms with E-state index in [1.165, 1.54) is 38.5 Å². The highest BCUT2D eigenvalue weighted by Gasteiger charge is 2.12. The van der Waals surface area contributed by atoms with Crippen LogP contribution in [0.4, 0.5) is 0 Å². The lowest BCUT2D eigenvalue weighted by Gasteiger charge is -2.16. The van der Waals surface area contributed by atoms with Crippen LogP contribution >= 0.6 is 0 Å². The second-order valence-electron chi connectivity index (χ2n) is 5.71. The lowest BCUT2D eigenvalue weighted by atomic mass is 10.1. The minimum Gasteiger partial charge on any atom is -0.376 e. The first-order chi connectivity index (χ1) is 11.1. The number of ether oxygens (including phenoxy) is 1. The maximum absolute atomic E-state index is 11.3. The maximum Gasteiger partial charge on any atom is 0.211 e. The number of aliphatic imine (C=N–C) groups is 1. The Kier molecular flexibility index (Phi) is 10.2. The minimum atomic E-state index is -3.13. The number of guanidine groups is 1. The highest BCUT2D eigenvalue weighted by Crippen LogP contribution is 2.19. The number of nitrogens with one attached hydrogen (secondary N) is 3. The molecule has 1 fully saturated rings. The van der Waals surface area contributed by atoms with Crippen LogP contribution in [0.5, 0.6) is 0 Å². The van der Waals surface area contributed by atoms with Crippen LogP contribution in [0.1, 0.15) is 45.4 Å². The fourth-order valence-corrected chi connectivity index (χ4v) is 3.13. The molecule has 0 aromatic rings. The number of hydrogen-bond acceptors (Lipinski definition) is 4. The monoisotopic (exact) mass is 348 g/mol. The molecule has 0 amide bonds. The van der Waals surface area contributed by atoms with E-state index in [4.69, 9.17) is 4.74 Å². The van der Waals surface area contributed by atoms with Crippen molar-refractivity contribution in [1.82, 2.24) is 15.4 Å². The summed E-state index contributed by atoms with van der Waals surface area (Å²) in [5.41, 5.74) is 0. The first-order valence-corrected chi connectivity index (χ1v) is 10.3. The fourth-order valence-electron chi connectivity index (χ4n) is 2.51. The third-order valence-corrected chi connectivity index (χ3v) is 5.30. The van der Waals surface area contributed by atoms with Crippen LogP contribution in [0.2, 0.25) is 0 Å². The highest BCUT2D eigenvalue weighted by atomic mass is 32.2. The topological polar surface area (TPSA) is 91.8 Å². The van der Waals surface area contributed by atoms with Crippen LogP contribution < -0.4 is 15.4 Å². The molecule has 3 N–H and O–H groups in total. The first-order valence-electron chi connectivity index (χ1n) is 8.61. The Labute approximate surface area is 140 Å². The average molecular weight is 349 g/mol. The number of hydrogen-bond donors (Lipinski definition) is 3. The van der Waals surface area contributed by atoms with Gasteiger partial charge in [0.25, 0.3) is 0 Å². The molecule has 0 spiro atoms. The third kappa shape index (κ3) is 9.78. The summed E-state index contributed by atoms with van der Waals surface area (Å²) in [6.45, 7) is 3.80. The van der Waals surface area contributed by atoms with Crippen molar-refractivity contribution in [2.75, 3.05) is 39.0 Å². The molecule has 1 aliphatic carbocycles. The van der Waals surface area contributed by atoms with Gasteiger partial charge in [0, 0.05) is 26.7 Å². The normalized spacial score (nSPS) is 17.7. The molecule has 1 aliphatic rings. The van der Waals surface area contributed by atoms with E-state index in [9.17, 15) is 8.42 Å². The molecule has 0 radical (unpaired) electrons. The first kappa shape index (κ1) is 20.2. The van der Waals surface area contributed by atoms with Crippen molar-refractivity contribution in [3.05, 3.63) is 0 Å². The van der Waals surface area contributed by atoms with Gasteiger partial charge < -0.3 is 15.4 Å². The largest absolute Gasteiger partial charge is 0.376 e. The molecular formula is C15H32N4O3S. The molecule has 0 bridgehead atoms. The lowest BCUT2D eigenvalue weighted by molar-refractivity contribution is 0.0468. The van der Waals surface area contributed by atoms with Gasteiger partial charge in [-0.2, -0.15) is 0 Å². The van der Waals surface area contributed by atoms with Gasteiger partial charge >= 0.3 is 0 Å². The smallest absolute Gasteiger partial charge is 0.211 e. The second-order valence-corrected chi connectivity index (χ2v) is 7.80. The summed E-state index contributed by atoms with van der Waals surface area (Å²) in [5, 5.41) is 6.24. The van der Waals surface area contributed by atoms with Gasteiger partial charge in [0.2, 0.25) is 10.0 Å². The number of nitrogens with zero attached hydrogens (tertiary/aromatic N) is 1. The molecule has 0 aromatic carbocycles. The molecule has 0 unspecified atom stereocenters. The summed E-state index contributed by atoms with van der Waals surface area (Å²) < 4.78 is 31.0. The lowest BCUT2D eigenvalue weighted by Crippen LogP contribution is -2.42. The standard InChI is InChI=1S/C15H32N4O3S/c1-3-23(20,21)19-11-10-17-15(16-2)18-12-13-22-14-8-6-4-5-7-9-14/h14,19H,3-13H2,1-2H3,(H2,16,17,18). The SMILES string of the molecule is CCS(=O)(=O)NCCNC(=NC)NCCOC1CCCCCC1. The summed E-state index contributed by atoms with van der Waals surface area (Å²) >= 11 is 0. The minimum absolute atomic E-state index is 0.0957. The third-order valence-electron chi connectivity index (χ3n) is 3.89. The van der Waals surface area contributed by atoms with Crippen molar-refractivity contribution in [2.45, 2.75) is 51.6 Å². The Morgan fingerprint density at radius 3 is 2.35 bits per heavy atom. The molecule has 0 aliphatic heterocycles. The summed E-state index contributed by atoms with van der Waals surface area (Å²) in [6, 6.07) is 0. The molecule has 1 rings (SSSR count).